The van der Waals surface area contributed by atoms with E-state index in [1.54, 1.807) is 0 Å². The quantitative estimate of drug-likeness (QED) is 0.649. The third-order valence-electron chi connectivity index (χ3n) is 1.51. The minimum Gasteiger partial charge on any atom is -0.408 e. The number of nitrogens with zero attached hydrogens (tertiary/aromatic N) is 1. The van der Waals surface area contributed by atoms with Gasteiger partial charge in [-0.05, 0) is 23.4 Å². The van der Waals surface area contributed by atoms with Gasteiger partial charge >= 0.3 is 5.76 Å². The Morgan fingerprint density at radius 2 is 2.25 bits per heavy atom. The molecule has 2 aromatic rings. The standard InChI is InChI=1S/C7H4N2O3/c10-7-8-5-3-4(9-11)1-2-6(5)12-7/h1-3H,(H,8,10). The van der Waals surface area contributed by atoms with E-state index >= 15 is 0 Å². The summed E-state index contributed by atoms with van der Waals surface area (Å²) in [6.45, 7) is 0. The van der Waals surface area contributed by atoms with Crippen LogP contribution in [0.5, 0.6) is 0 Å². The molecular weight excluding hydrogens is 160 g/mol. The highest BCUT2D eigenvalue weighted by atomic mass is 16.4. The van der Waals surface area contributed by atoms with Crippen LogP contribution in [0.25, 0.3) is 11.1 Å². The van der Waals surface area contributed by atoms with Gasteiger partial charge in [-0.15, -0.1) is 4.91 Å². The lowest BCUT2D eigenvalue weighted by Gasteiger charge is -1.86. The molecule has 0 radical (unpaired) electrons. The monoisotopic (exact) mass is 164 g/mol. The predicted octanol–water partition coefficient (Wildman–Crippen LogP) is 1.52. The molecule has 0 spiro atoms. The van der Waals surface area contributed by atoms with Crippen molar-refractivity contribution in [3.05, 3.63) is 33.7 Å². The minimum absolute atomic E-state index is 0.263. The maximum Gasteiger partial charge on any atom is 0.417 e. The van der Waals surface area contributed by atoms with Crippen molar-refractivity contribution in [1.82, 2.24) is 4.98 Å². The Kier molecular flexibility index (Phi) is 1.30. The van der Waals surface area contributed by atoms with Crippen LogP contribution in [0, 0.1) is 4.91 Å². The second-order valence-electron chi connectivity index (χ2n) is 2.29. The van der Waals surface area contributed by atoms with Gasteiger partial charge in [0.15, 0.2) is 5.58 Å². The van der Waals surface area contributed by atoms with Crippen molar-refractivity contribution in [1.29, 1.82) is 0 Å². The Bertz CT molecular complexity index is 483. The molecule has 12 heavy (non-hydrogen) atoms. The maximum atomic E-state index is 10.7. The fourth-order valence-corrected chi connectivity index (χ4v) is 0.997. The Morgan fingerprint density at radius 1 is 1.42 bits per heavy atom. The number of nitroso groups, excluding NO2 is 1. The number of rotatable bonds is 1. The first-order chi connectivity index (χ1) is 5.79. The average molecular weight is 164 g/mol. The topological polar surface area (TPSA) is 75.4 Å². The van der Waals surface area contributed by atoms with Gasteiger partial charge in [-0.1, -0.05) is 0 Å². The molecule has 2 rings (SSSR count). The SMILES string of the molecule is O=Nc1ccc2oc(=O)[nH]c2c1. The van der Waals surface area contributed by atoms with Crippen LogP contribution < -0.4 is 5.76 Å². The predicted molar refractivity (Wildman–Crippen MR) is 42.3 cm³/mol. The molecule has 0 saturated carbocycles. The number of fused-ring (bicyclic) bond motifs is 1. The van der Waals surface area contributed by atoms with E-state index in [1.165, 1.54) is 18.2 Å². The largest absolute Gasteiger partial charge is 0.417 e. The van der Waals surface area contributed by atoms with Crippen LogP contribution in [0.15, 0.2) is 32.6 Å². The lowest BCUT2D eigenvalue weighted by atomic mass is 10.3. The Hall–Kier alpha value is -1.91. The minimum atomic E-state index is -0.534. The van der Waals surface area contributed by atoms with Crippen molar-refractivity contribution in [2.24, 2.45) is 5.18 Å². The highest BCUT2D eigenvalue weighted by Gasteiger charge is 2.00. The van der Waals surface area contributed by atoms with Crippen molar-refractivity contribution in [2.75, 3.05) is 0 Å². The second kappa shape index (κ2) is 2.30. The Morgan fingerprint density at radius 3 is 3.00 bits per heavy atom. The normalized spacial score (nSPS) is 10.3. The first kappa shape index (κ1) is 6.78. The molecule has 1 N–H and O–H groups in total. The molecule has 0 fully saturated rings. The van der Waals surface area contributed by atoms with Gasteiger partial charge in [0.2, 0.25) is 0 Å². The lowest BCUT2D eigenvalue weighted by Crippen LogP contribution is -1.92. The molecule has 1 aromatic carbocycles. The fraction of sp³-hybridized carbons (Fsp3) is 0. The highest BCUT2D eigenvalue weighted by molar-refractivity contribution is 5.75. The summed E-state index contributed by atoms with van der Waals surface area (Å²) in [7, 11) is 0. The summed E-state index contributed by atoms with van der Waals surface area (Å²) in [6.07, 6.45) is 0. The zero-order chi connectivity index (χ0) is 8.55. The average Bonchev–Trinajstić information content (AvgIpc) is 2.43. The Balaban J connectivity index is 2.82. The third kappa shape index (κ3) is 0.914. The van der Waals surface area contributed by atoms with E-state index in [2.05, 4.69) is 10.2 Å². The number of aromatic nitrogens is 1. The molecule has 1 heterocycles. The number of nitrogens with one attached hydrogen (secondary N) is 1. The number of aromatic amines is 1. The van der Waals surface area contributed by atoms with E-state index in [0.717, 1.165) is 0 Å². The number of benzene rings is 1. The van der Waals surface area contributed by atoms with E-state index in [1.807, 2.05) is 0 Å². The summed E-state index contributed by atoms with van der Waals surface area (Å²) in [5, 5.41) is 2.72. The van der Waals surface area contributed by atoms with Crippen LogP contribution in [0.1, 0.15) is 0 Å². The molecule has 0 atom stereocenters. The van der Waals surface area contributed by atoms with Crippen molar-refractivity contribution >= 4 is 16.8 Å². The third-order valence-corrected chi connectivity index (χ3v) is 1.51. The van der Waals surface area contributed by atoms with Gasteiger partial charge in [-0.25, -0.2) is 4.79 Å². The molecule has 0 aliphatic rings. The van der Waals surface area contributed by atoms with Crippen molar-refractivity contribution in [3.63, 3.8) is 0 Å². The molecule has 60 valence electrons. The van der Waals surface area contributed by atoms with Crippen LogP contribution in [0.3, 0.4) is 0 Å². The summed E-state index contributed by atoms with van der Waals surface area (Å²) < 4.78 is 4.71. The van der Waals surface area contributed by atoms with Crippen molar-refractivity contribution in [2.45, 2.75) is 0 Å². The molecule has 0 aliphatic carbocycles. The number of hydrogen-bond acceptors (Lipinski definition) is 4. The van der Waals surface area contributed by atoms with E-state index in [-0.39, 0.29) is 5.69 Å². The summed E-state index contributed by atoms with van der Waals surface area (Å²) in [5.41, 5.74) is 1.17. The molecule has 1 aromatic heterocycles. The van der Waals surface area contributed by atoms with Gasteiger partial charge in [0.05, 0.1) is 5.52 Å². The van der Waals surface area contributed by atoms with E-state index in [9.17, 15) is 9.70 Å². The van der Waals surface area contributed by atoms with Crippen LogP contribution in [0.2, 0.25) is 0 Å². The van der Waals surface area contributed by atoms with Crippen molar-refractivity contribution < 1.29 is 4.42 Å². The molecular formula is C7H4N2O3. The zero-order valence-corrected chi connectivity index (χ0v) is 5.90. The molecule has 0 saturated heterocycles. The molecule has 0 amide bonds. The highest BCUT2D eigenvalue weighted by Crippen LogP contribution is 2.17. The van der Waals surface area contributed by atoms with E-state index < -0.39 is 5.76 Å². The second-order valence-corrected chi connectivity index (χ2v) is 2.29. The smallest absolute Gasteiger partial charge is 0.408 e. The molecule has 0 unspecified atom stereocenters. The first-order valence-corrected chi connectivity index (χ1v) is 3.26. The molecule has 5 nitrogen and oxygen atoms in total. The Labute approximate surface area is 66.0 Å². The number of hydrogen-bond donors (Lipinski definition) is 1. The fourth-order valence-electron chi connectivity index (χ4n) is 0.997. The van der Waals surface area contributed by atoms with E-state index in [0.29, 0.717) is 11.1 Å². The first-order valence-electron chi connectivity index (χ1n) is 3.26. The van der Waals surface area contributed by atoms with Gasteiger partial charge in [0, 0.05) is 0 Å². The zero-order valence-electron chi connectivity index (χ0n) is 5.90. The summed E-state index contributed by atoms with van der Waals surface area (Å²) in [4.78, 5) is 23.2. The van der Waals surface area contributed by atoms with Gasteiger partial charge in [0.25, 0.3) is 0 Å². The van der Waals surface area contributed by atoms with Crippen LogP contribution >= 0.6 is 0 Å². The van der Waals surface area contributed by atoms with Crippen molar-refractivity contribution in [3.8, 4) is 0 Å². The lowest BCUT2D eigenvalue weighted by molar-refractivity contribution is 0.555. The van der Waals surface area contributed by atoms with Gasteiger partial charge < -0.3 is 4.42 Å². The maximum absolute atomic E-state index is 10.7. The summed E-state index contributed by atoms with van der Waals surface area (Å²) in [6, 6.07) is 4.45. The number of oxazole rings is 1. The van der Waals surface area contributed by atoms with E-state index in [4.69, 9.17) is 4.42 Å². The van der Waals surface area contributed by atoms with Crippen LogP contribution in [0.4, 0.5) is 5.69 Å². The molecule has 0 aliphatic heterocycles. The van der Waals surface area contributed by atoms with Gasteiger partial charge in [0.1, 0.15) is 5.69 Å². The molecule has 5 heteroatoms. The van der Waals surface area contributed by atoms with Gasteiger partial charge in [-0.2, -0.15) is 0 Å². The van der Waals surface area contributed by atoms with Gasteiger partial charge in [-0.3, -0.25) is 4.98 Å². The summed E-state index contributed by atoms with van der Waals surface area (Å²) >= 11 is 0. The van der Waals surface area contributed by atoms with Crippen LogP contribution in [-0.2, 0) is 0 Å². The number of H-pyrrole nitrogens is 1. The summed E-state index contributed by atoms with van der Waals surface area (Å²) in [5.74, 6) is -0.534. The molecule has 0 bridgehead atoms. The van der Waals surface area contributed by atoms with Crippen LogP contribution in [-0.4, -0.2) is 4.98 Å².